The molecule has 4 rings (SSSR count). The minimum Gasteiger partial charge on any atom is -0.345 e. The van der Waals surface area contributed by atoms with Gasteiger partial charge in [-0.15, -0.1) is 0 Å². The maximum atomic E-state index is 13.4. The number of amides is 1. The van der Waals surface area contributed by atoms with E-state index in [1.807, 2.05) is 18.2 Å². The van der Waals surface area contributed by atoms with Crippen molar-refractivity contribution in [1.82, 2.24) is 9.97 Å². The van der Waals surface area contributed by atoms with Crippen molar-refractivity contribution in [2.75, 3.05) is 4.90 Å². The summed E-state index contributed by atoms with van der Waals surface area (Å²) in [6.07, 6.45) is 4.82. The number of nitrogens with zero attached hydrogens (tertiary/aromatic N) is 2. The Morgan fingerprint density at radius 3 is 2.58 bits per heavy atom. The molecule has 1 aromatic heterocycles. The van der Waals surface area contributed by atoms with Crippen LogP contribution in [0.25, 0.3) is 11.0 Å². The van der Waals surface area contributed by atoms with Crippen LogP contribution >= 0.6 is 0 Å². The number of nitrogens with one attached hydrogen (secondary N) is 1. The molecular formula is C21H16FN3O. The molecule has 1 aliphatic rings. The molecule has 0 saturated carbocycles. The van der Waals surface area contributed by atoms with Crippen LogP contribution in [0.2, 0.25) is 0 Å². The number of fused-ring (bicyclic) bond motifs is 1. The molecule has 0 aliphatic carbocycles. The second kappa shape index (κ2) is 6.11. The number of anilines is 1. The highest BCUT2D eigenvalue weighted by Gasteiger charge is 2.38. The fourth-order valence-corrected chi connectivity index (χ4v) is 3.40. The molecule has 26 heavy (non-hydrogen) atoms. The molecular weight excluding hydrogens is 329 g/mol. The lowest BCUT2D eigenvalue weighted by Gasteiger charge is -2.27. The molecule has 1 atom stereocenters. The lowest BCUT2D eigenvalue weighted by molar-refractivity contribution is -0.114. The molecule has 1 unspecified atom stereocenters. The normalized spacial score (nSPS) is 17.2. The van der Waals surface area contributed by atoms with Crippen molar-refractivity contribution in [3.05, 3.63) is 96.6 Å². The standard InChI is InChI=1S/C21H16FN3O/c1-3-16-17(4-2)21(26)25(20(16)13-5-7-14(22)8-6-13)15-9-10-18-19(11-15)24-12-23-18/h3-12,20H,1-2H2,(H,23,24). The topological polar surface area (TPSA) is 49.0 Å². The Kier molecular flexibility index (Phi) is 3.77. The van der Waals surface area contributed by atoms with Gasteiger partial charge in [-0.1, -0.05) is 37.4 Å². The fourth-order valence-electron chi connectivity index (χ4n) is 3.40. The van der Waals surface area contributed by atoms with Crippen LogP contribution in [0.5, 0.6) is 0 Å². The second-order valence-corrected chi connectivity index (χ2v) is 6.01. The van der Waals surface area contributed by atoms with Gasteiger partial charge in [-0.3, -0.25) is 9.69 Å². The summed E-state index contributed by atoms with van der Waals surface area (Å²) in [5.41, 5.74) is 4.42. The van der Waals surface area contributed by atoms with Gasteiger partial charge >= 0.3 is 0 Å². The van der Waals surface area contributed by atoms with Crippen LogP contribution in [0.15, 0.2) is 85.2 Å². The van der Waals surface area contributed by atoms with E-state index in [1.165, 1.54) is 12.1 Å². The minimum absolute atomic E-state index is 0.164. The minimum atomic E-state index is -0.394. The van der Waals surface area contributed by atoms with Gasteiger partial charge in [0.1, 0.15) is 5.82 Å². The van der Waals surface area contributed by atoms with Gasteiger partial charge in [0.05, 0.1) is 23.4 Å². The Bertz CT molecular complexity index is 1060. The van der Waals surface area contributed by atoms with Crippen molar-refractivity contribution in [3.8, 4) is 0 Å². The summed E-state index contributed by atoms with van der Waals surface area (Å²) in [5, 5.41) is 0. The second-order valence-electron chi connectivity index (χ2n) is 6.01. The Morgan fingerprint density at radius 1 is 1.12 bits per heavy atom. The maximum absolute atomic E-state index is 13.4. The van der Waals surface area contributed by atoms with Crippen molar-refractivity contribution < 1.29 is 9.18 Å². The molecule has 1 N–H and O–H groups in total. The highest BCUT2D eigenvalue weighted by molar-refractivity contribution is 6.13. The highest BCUT2D eigenvalue weighted by atomic mass is 19.1. The van der Waals surface area contributed by atoms with E-state index < -0.39 is 6.04 Å². The van der Waals surface area contributed by atoms with E-state index in [2.05, 4.69) is 23.1 Å². The van der Waals surface area contributed by atoms with E-state index in [4.69, 9.17) is 0 Å². The van der Waals surface area contributed by atoms with Crippen LogP contribution < -0.4 is 4.90 Å². The third-order valence-electron chi connectivity index (χ3n) is 4.60. The lowest BCUT2D eigenvalue weighted by Crippen LogP contribution is -2.30. The number of hydrogen-bond acceptors (Lipinski definition) is 2. The molecule has 4 nitrogen and oxygen atoms in total. The van der Waals surface area contributed by atoms with Gasteiger partial charge in [0.15, 0.2) is 0 Å². The number of aromatic amines is 1. The third-order valence-corrected chi connectivity index (χ3v) is 4.60. The summed E-state index contributed by atoms with van der Waals surface area (Å²) >= 11 is 0. The summed E-state index contributed by atoms with van der Waals surface area (Å²) in [7, 11) is 0. The summed E-state index contributed by atoms with van der Waals surface area (Å²) in [6.45, 7) is 7.64. The average Bonchev–Trinajstić information content (AvgIpc) is 3.23. The number of carbonyl (C=O) groups is 1. The first-order valence-electron chi connectivity index (χ1n) is 8.15. The predicted octanol–water partition coefficient (Wildman–Crippen LogP) is 4.46. The summed E-state index contributed by atoms with van der Waals surface area (Å²) in [5.74, 6) is -0.486. The number of carbonyl (C=O) groups excluding carboxylic acids is 1. The van der Waals surface area contributed by atoms with Gasteiger partial charge in [-0.05, 0) is 41.5 Å². The molecule has 1 aliphatic heterocycles. The van der Waals surface area contributed by atoms with Crippen LogP contribution in [-0.4, -0.2) is 15.9 Å². The zero-order valence-corrected chi connectivity index (χ0v) is 13.9. The molecule has 0 bridgehead atoms. The largest absolute Gasteiger partial charge is 0.345 e. The average molecular weight is 345 g/mol. The molecule has 2 aromatic carbocycles. The zero-order chi connectivity index (χ0) is 18.3. The SMILES string of the molecule is C=CC1=C(C=C)C(c2ccc(F)cc2)N(c2ccc3nc[nH]c3c2)C1=O. The van der Waals surface area contributed by atoms with Crippen molar-refractivity contribution >= 4 is 22.6 Å². The van der Waals surface area contributed by atoms with Crippen molar-refractivity contribution in [1.29, 1.82) is 0 Å². The van der Waals surface area contributed by atoms with Gasteiger partial charge in [-0.2, -0.15) is 0 Å². The molecule has 2 heterocycles. The Labute approximate surface area is 150 Å². The molecule has 0 saturated heterocycles. The smallest absolute Gasteiger partial charge is 0.259 e. The quantitative estimate of drug-likeness (QED) is 0.759. The van der Waals surface area contributed by atoms with Gasteiger partial charge in [0.25, 0.3) is 5.91 Å². The Hall–Kier alpha value is -3.47. The van der Waals surface area contributed by atoms with Gasteiger partial charge in [-0.25, -0.2) is 9.37 Å². The van der Waals surface area contributed by atoms with Crippen molar-refractivity contribution in [2.24, 2.45) is 0 Å². The molecule has 1 amide bonds. The van der Waals surface area contributed by atoms with Gasteiger partial charge in [0, 0.05) is 11.3 Å². The van der Waals surface area contributed by atoms with E-state index in [1.54, 1.807) is 35.5 Å². The monoisotopic (exact) mass is 345 g/mol. The molecule has 0 fully saturated rings. The van der Waals surface area contributed by atoms with E-state index in [0.717, 1.165) is 27.9 Å². The molecule has 3 aromatic rings. The van der Waals surface area contributed by atoms with Crippen molar-refractivity contribution in [2.45, 2.75) is 6.04 Å². The van der Waals surface area contributed by atoms with Crippen LogP contribution in [-0.2, 0) is 4.79 Å². The van der Waals surface area contributed by atoms with Gasteiger partial charge < -0.3 is 4.98 Å². The van der Waals surface area contributed by atoms with Crippen LogP contribution in [0.3, 0.4) is 0 Å². The van der Waals surface area contributed by atoms with E-state index in [9.17, 15) is 9.18 Å². The number of aromatic nitrogens is 2. The van der Waals surface area contributed by atoms with Crippen molar-refractivity contribution in [3.63, 3.8) is 0 Å². The molecule has 0 radical (unpaired) electrons. The first-order chi connectivity index (χ1) is 12.6. The summed E-state index contributed by atoms with van der Waals surface area (Å²) < 4.78 is 13.4. The summed E-state index contributed by atoms with van der Waals surface area (Å²) in [4.78, 5) is 22.0. The van der Waals surface area contributed by atoms with Crippen LogP contribution in [0.4, 0.5) is 10.1 Å². The van der Waals surface area contributed by atoms with E-state index in [0.29, 0.717) is 5.57 Å². The molecule has 5 heteroatoms. The number of imidazole rings is 1. The van der Waals surface area contributed by atoms with Crippen LogP contribution in [0, 0.1) is 5.82 Å². The number of H-pyrrole nitrogens is 1. The number of benzene rings is 2. The highest BCUT2D eigenvalue weighted by Crippen LogP contribution is 2.42. The molecule has 128 valence electrons. The Morgan fingerprint density at radius 2 is 1.88 bits per heavy atom. The number of rotatable bonds is 4. The van der Waals surface area contributed by atoms with E-state index in [-0.39, 0.29) is 11.7 Å². The number of hydrogen-bond donors (Lipinski definition) is 1. The molecule has 0 spiro atoms. The van der Waals surface area contributed by atoms with Gasteiger partial charge in [0.2, 0.25) is 0 Å². The zero-order valence-electron chi connectivity index (χ0n) is 13.9. The first-order valence-corrected chi connectivity index (χ1v) is 8.15. The Balaban J connectivity index is 1.90. The maximum Gasteiger partial charge on any atom is 0.259 e. The van der Waals surface area contributed by atoms with Crippen LogP contribution in [0.1, 0.15) is 11.6 Å². The fraction of sp³-hybridized carbons (Fsp3) is 0.0476. The first kappa shape index (κ1) is 16.0. The summed E-state index contributed by atoms with van der Waals surface area (Å²) in [6, 6.07) is 11.3. The third kappa shape index (κ3) is 2.37. The lowest BCUT2D eigenvalue weighted by atomic mass is 9.97. The number of halogens is 1. The predicted molar refractivity (Wildman–Crippen MR) is 100 cm³/mol. The van der Waals surface area contributed by atoms with E-state index >= 15 is 0 Å².